The number of benzene rings is 2. The number of hydrogen-bond acceptors (Lipinski definition) is 3. The van der Waals surface area contributed by atoms with Crippen LogP contribution in [-0.4, -0.2) is 18.7 Å². The van der Waals surface area contributed by atoms with Gasteiger partial charge in [0.05, 0.1) is 17.3 Å². The normalized spacial score (nSPS) is 10.8. The molecule has 0 saturated carbocycles. The summed E-state index contributed by atoms with van der Waals surface area (Å²) in [7, 11) is 0. The van der Waals surface area contributed by atoms with Crippen LogP contribution in [0.15, 0.2) is 42.5 Å². The minimum absolute atomic E-state index is 0.000823. The maximum Gasteiger partial charge on any atom is 0.422 e. The molecule has 1 amide bonds. The zero-order valence-electron chi connectivity index (χ0n) is 12.0. The molecule has 0 heterocycles. The molecule has 4 nitrogen and oxygen atoms in total. The number of alkyl halides is 3. The Morgan fingerprint density at radius 2 is 2.00 bits per heavy atom. The zero-order chi connectivity index (χ0) is 17.7. The predicted molar refractivity (Wildman–Crippen MR) is 82.1 cm³/mol. The van der Waals surface area contributed by atoms with E-state index in [1.165, 1.54) is 42.5 Å². The predicted octanol–water partition coefficient (Wildman–Crippen LogP) is 4.41. The van der Waals surface area contributed by atoms with Crippen LogP contribution in [0.3, 0.4) is 0 Å². The Hall–Kier alpha value is -2.72. The number of rotatable bonds is 4. The van der Waals surface area contributed by atoms with E-state index < -0.39 is 18.7 Å². The highest BCUT2D eigenvalue weighted by molar-refractivity contribution is 6.31. The van der Waals surface area contributed by atoms with Gasteiger partial charge in [-0.3, -0.25) is 4.79 Å². The molecule has 0 spiro atoms. The number of nitriles is 1. The van der Waals surface area contributed by atoms with Crippen molar-refractivity contribution in [3.8, 4) is 11.8 Å². The summed E-state index contributed by atoms with van der Waals surface area (Å²) in [5.41, 5.74) is 0.456. The third-order valence-electron chi connectivity index (χ3n) is 2.84. The van der Waals surface area contributed by atoms with Crippen molar-refractivity contribution < 1.29 is 22.7 Å². The number of nitrogens with zero attached hydrogens (tertiary/aromatic N) is 1. The summed E-state index contributed by atoms with van der Waals surface area (Å²) in [6.45, 7) is -1.50. The van der Waals surface area contributed by atoms with Crippen molar-refractivity contribution in [1.29, 1.82) is 5.26 Å². The molecule has 0 aliphatic rings. The third kappa shape index (κ3) is 4.89. The molecule has 2 aromatic carbocycles. The van der Waals surface area contributed by atoms with Crippen molar-refractivity contribution in [3.05, 3.63) is 58.6 Å². The summed E-state index contributed by atoms with van der Waals surface area (Å²) in [6, 6.07) is 11.6. The van der Waals surface area contributed by atoms with Crippen LogP contribution >= 0.6 is 11.6 Å². The van der Waals surface area contributed by atoms with Gasteiger partial charge in [0.2, 0.25) is 0 Å². The Bertz CT molecular complexity index is 801. The lowest BCUT2D eigenvalue weighted by Gasteiger charge is -2.14. The topological polar surface area (TPSA) is 62.1 Å². The van der Waals surface area contributed by atoms with Gasteiger partial charge in [0, 0.05) is 10.6 Å². The quantitative estimate of drug-likeness (QED) is 0.884. The van der Waals surface area contributed by atoms with Gasteiger partial charge in [0.15, 0.2) is 6.61 Å². The van der Waals surface area contributed by atoms with Gasteiger partial charge in [-0.15, -0.1) is 0 Å². The van der Waals surface area contributed by atoms with Gasteiger partial charge >= 0.3 is 6.18 Å². The van der Waals surface area contributed by atoms with Gasteiger partial charge in [-0.1, -0.05) is 17.7 Å². The van der Waals surface area contributed by atoms with Gasteiger partial charge in [-0.25, -0.2) is 0 Å². The van der Waals surface area contributed by atoms with Crippen LogP contribution in [0.2, 0.25) is 5.02 Å². The molecule has 0 radical (unpaired) electrons. The van der Waals surface area contributed by atoms with Gasteiger partial charge in [-0.2, -0.15) is 18.4 Å². The summed E-state index contributed by atoms with van der Waals surface area (Å²) in [5.74, 6) is -0.771. The SMILES string of the molecule is N#Cc1cccc(C(=O)Nc2cc(Cl)ccc2OCC(F)(F)F)c1. The van der Waals surface area contributed by atoms with E-state index in [2.05, 4.69) is 10.1 Å². The lowest BCUT2D eigenvalue weighted by Crippen LogP contribution is -2.20. The molecule has 0 bridgehead atoms. The summed E-state index contributed by atoms with van der Waals surface area (Å²) < 4.78 is 41.6. The first-order valence-electron chi connectivity index (χ1n) is 6.59. The van der Waals surface area contributed by atoms with E-state index in [-0.39, 0.29) is 27.6 Å². The van der Waals surface area contributed by atoms with E-state index in [0.29, 0.717) is 0 Å². The number of nitrogens with one attached hydrogen (secondary N) is 1. The van der Waals surface area contributed by atoms with Crippen LogP contribution in [0.1, 0.15) is 15.9 Å². The molecule has 0 aromatic heterocycles. The molecular weight excluding hydrogens is 345 g/mol. The molecule has 124 valence electrons. The van der Waals surface area contributed by atoms with Crippen molar-refractivity contribution in [1.82, 2.24) is 0 Å². The first-order chi connectivity index (χ1) is 11.3. The minimum atomic E-state index is -4.51. The second kappa shape index (κ2) is 7.23. The Balaban J connectivity index is 2.23. The summed E-state index contributed by atoms with van der Waals surface area (Å²) in [4.78, 5) is 12.2. The van der Waals surface area contributed by atoms with Gasteiger partial charge in [-0.05, 0) is 36.4 Å². The standard InChI is InChI=1S/C16H10ClF3N2O2/c17-12-4-5-14(24-9-16(18,19)20)13(7-12)22-15(23)11-3-1-2-10(6-11)8-21/h1-7H,9H2,(H,22,23). The molecule has 2 aromatic rings. The van der Waals surface area contributed by atoms with Crippen molar-refractivity contribution in [2.45, 2.75) is 6.18 Å². The summed E-state index contributed by atoms with van der Waals surface area (Å²) in [6.07, 6.45) is -4.51. The number of carbonyl (C=O) groups is 1. The maximum absolute atomic E-state index is 12.3. The second-order valence-electron chi connectivity index (χ2n) is 4.69. The van der Waals surface area contributed by atoms with Crippen LogP contribution in [0.25, 0.3) is 0 Å². The Kier molecular flexibility index (Phi) is 5.31. The van der Waals surface area contributed by atoms with E-state index in [4.69, 9.17) is 16.9 Å². The molecule has 0 aliphatic heterocycles. The zero-order valence-corrected chi connectivity index (χ0v) is 12.8. The van der Waals surface area contributed by atoms with Crippen LogP contribution < -0.4 is 10.1 Å². The van der Waals surface area contributed by atoms with Gasteiger partial charge in [0.1, 0.15) is 5.75 Å². The van der Waals surface area contributed by atoms with Gasteiger partial charge < -0.3 is 10.1 Å². The van der Waals surface area contributed by atoms with Crippen molar-refractivity contribution in [2.24, 2.45) is 0 Å². The van der Waals surface area contributed by atoms with Crippen LogP contribution in [-0.2, 0) is 0 Å². The van der Waals surface area contributed by atoms with E-state index >= 15 is 0 Å². The molecule has 0 fully saturated rings. The average Bonchev–Trinajstić information content (AvgIpc) is 2.53. The fraction of sp³-hybridized carbons (Fsp3) is 0.125. The fourth-order valence-electron chi connectivity index (χ4n) is 1.81. The molecule has 0 atom stereocenters. The number of amides is 1. The smallest absolute Gasteiger partial charge is 0.422 e. The number of halogens is 4. The first-order valence-corrected chi connectivity index (χ1v) is 6.97. The molecule has 0 unspecified atom stereocenters. The Morgan fingerprint density at radius 3 is 2.67 bits per heavy atom. The van der Waals surface area contributed by atoms with Crippen molar-refractivity contribution in [3.63, 3.8) is 0 Å². The van der Waals surface area contributed by atoms with Crippen LogP contribution in [0, 0.1) is 11.3 Å². The minimum Gasteiger partial charge on any atom is -0.482 e. The van der Waals surface area contributed by atoms with E-state index in [1.807, 2.05) is 6.07 Å². The number of anilines is 1. The number of ether oxygens (including phenoxy) is 1. The average molecular weight is 355 g/mol. The second-order valence-corrected chi connectivity index (χ2v) is 5.13. The number of carbonyl (C=O) groups excluding carboxylic acids is 1. The molecule has 1 N–H and O–H groups in total. The van der Waals surface area contributed by atoms with Crippen molar-refractivity contribution >= 4 is 23.2 Å². The lowest BCUT2D eigenvalue weighted by molar-refractivity contribution is -0.153. The molecular formula is C16H10ClF3N2O2. The highest BCUT2D eigenvalue weighted by Gasteiger charge is 2.29. The largest absolute Gasteiger partial charge is 0.482 e. The van der Waals surface area contributed by atoms with E-state index in [0.717, 1.165) is 0 Å². The Morgan fingerprint density at radius 1 is 1.25 bits per heavy atom. The lowest BCUT2D eigenvalue weighted by atomic mass is 10.1. The molecule has 8 heteroatoms. The Labute approximate surface area is 140 Å². The fourth-order valence-corrected chi connectivity index (χ4v) is 1.98. The molecule has 0 saturated heterocycles. The number of hydrogen-bond donors (Lipinski definition) is 1. The van der Waals surface area contributed by atoms with E-state index in [1.54, 1.807) is 0 Å². The monoisotopic (exact) mass is 354 g/mol. The van der Waals surface area contributed by atoms with E-state index in [9.17, 15) is 18.0 Å². The highest BCUT2D eigenvalue weighted by Crippen LogP contribution is 2.30. The maximum atomic E-state index is 12.3. The molecule has 0 aliphatic carbocycles. The van der Waals surface area contributed by atoms with Crippen LogP contribution in [0.4, 0.5) is 18.9 Å². The van der Waals surface area contributed by atoms with Crippen LogP contribution in [0.5, 0.6) is 5.75 Å². The summed E-state index contributed by atoms with van der Waals surface area (Å²) >= 11 is 5.81. The highest BCUT2D eigenvalue weighted by atomic mass is 35.5. The third-order valence-corrected chi connectivity index (χ3v) is 3.07. The molecule has 24 heavy (non-hydrogen) atoms. The molecule has 2 rings (SSSR count). The van der Waals surface area contributed by atoms with Gasteiger partial charge in [0.25, 0.3) is 5.91 Å². The first kappa shape index (κ1) is 17.6. The summed E-state index contributed by atoms with van der Waals surface area (Å²) in [5, 5.41) is 11.5. The van der Waals surface area contributed by atoms with Crippen molar-refractivity contribution in [2.75, 3.05) is 11.9 Å².